The molecule has 0 saturated heterocycles. The van der Waals surface area contributed by atoms with Crippen LogP contribution in [-0.2, 0) is 11.3 Å². The van der Waals surface area contributed by atoms with Crippen LogP contribution in [0.15, 0.2) is 24.3 Å². The van der Waals surface area contributed by atoms with Gasteiger partial charge in [0.25, 0.3) is 0 Å². The lowest BCUT2D eigenvalue weighted by atomic mass is 9.97. The van der Waals surface area contributed by atoms with Gasteiger partial charge in [-0.1, -0.05) is 25.0 Å². The van der Waals surface area contributed by atoms with Gasteiger partial charge in [-0.05, 0) is 37.5 Å². The summed E-state index contributed by atoms with van der Waals surface area (Å²) in [5, 5.41) is 10.4. The maximum absolute atomic E-state index is 12.4. The highest BCUT2D eigenvalue weighted by atomic mass is 16.5. The first-order chi connectivity index (χ1) is 10.1. The number of ether oxygens (including phenoxy) is 1. The molecule has 1 aliphatic carbocycles. The zero-order chi connectivity index (χ0) is 15.3. The van der Waals surface area contributed by atoms with Crippen LogP contribution in [0.4, 0.5) is 0 Å². The summed E-state index contributed by atoms with van der Waals surface area (Å²) < 4.78 is 5.14. The van der Waals surface area contributed by atoms with E-state index < -0.39 is 5.60 Å². The molecule has 0 unspecified atom stereocenters. The molecule has 1 amide bonds. The lowest BCUT2D eigenvalue weighted by Gasteiger charge is -2.27. The largest absolute Gasteiger partial charge is 0.497 e. The molecule has 1 saturated carbocycles. The molecule has 0 atom stereocenters. The molecule has 0 spiro atoms. The molecule has 21 heavy (non-hydrogen) atoms. The lowest BCUT2D eigenvalue weighted by molar-refractivity contribution is -0.136. The van der Waals surface area contributed by atoms with Gasteiger partial charge in [0.15, 0.2) is 0 Å². The molecule has 0 heterocycles. The van der Waals surface area contributed by atoms with Gasteiger partial charge in [0, 0.05) is 13.1 Å². The van der Waals surface area contributed by atoms with Crippen molar-refractivity contribution >= 4 is 5.91 Å². The Labute approximate surface area is 126 Å². The quantitative estimate of drug-likeness (QED) is 0.876. The van der Waals surface area contributed by atoms with Crippen molar-refractivity contribution in [1.82, 2.24) is 4.90 Å². The number of hydrogen-bond acceptors (Lipinski definition) is 3. The standard InChI is InChI=1S/C17H25NO3/c1-3-18(13-14-6-8-15(21-2)9-7-14)16(19)12-17(20)10-4-5-11-17/h6-9,20H,3-5,10-13H2,1-2H3. The van der Waals surface area contributed by atoms with E-state index in [1.165, 1.54) is 0 Å². The van der Waals surface area contributed by atoms with Crippen molar-refractivity contribution in [3.63, 3.8) is 0 Å². The number of aliphatic hydroxyl groups is 1. The van der Waals surface area contributed by atoms with Crippen molar-refractivity contribution in [3.8, 4) is 5.75 Å². The molecule has 0 bridgehead atoms. The van der Waals surface area contributed by atoms with Crippen molar-refractivity contribution in [2.45, 2.75) is 51.2 Å². The van der Waals surface area contributed by atoms with E-state index in [1.54, 1.807) is 12.0 Å². The summed E-state index contributed by atoms with van der Waals surface area (Å²) in [7, 11) is 1.64. The molecule has 4 heteroatoms. The maximum atomic E-state index is 12.4. The molecule has 2 rings (SSSR count). The van der Waals surface area contributed by atoms with Gasteiger partial charge in [-0.2, -0.15) is 0 Å². The van der Waals surface area contributed by atoms with Crippen LogP contribution in [0.25, 0.3) is 0 Å². The van der Waals surface area contributed by atoms with Crippen LogP contribution in [0.1, 0.15) is 44.6 Å². The third kappa shape index (κ3) is 4.21. The molecule has 1 N–H and O–H groups in total. The van der Waals surface area contributed by atoms with Crippen LogP contribution in [-0.4, -0.2) is 35.2 Å². The summed E-state index contributed by atoms with van der Waals surface area (Å²) in [6.07, 6.45) is 3.79. The number of rotatable bonds is 6. The minimum atomic E-state index is -0.773. The van der Waals surface area contributed by atoms with Gasteiger partial charge in [-0.3, -0.25) is 4.79 Å². The molecule has 1 aromatic carbocycles. The second-order valence-electron chi connectivity index (χ2n) is 5.86. The Morgan fingerprint density at radius 1 is 1.29 bits per heavy atom. The van der Waals surface area contributed by atoms with Crippen molar-refractivity contribution in [1.29, 1.82) is 0 Å². The van der Waals surface area contributed by atoms with Crippen LogP contribution in [0.3, 0.4) is 0 Å². The topological polar surface area (TPSA) is 49.8 Å². The Hall–Kier alpha value is -1.55. The zero-order valence-corrected chi connectivity index (χ0v) is 13.0. The molecule has 4 nitrogen and oxygen atoms in total. The predicted octanol–water partition coefficient (Wildman–Crippen LogP) is 2.74. The van der Waals surface area contributed by atoms with E-state index in [4.69, 9.17) is 4.74 Å². The van der Waals surface area contributed by atoms with Crippen molar-refractivity contribution < 1.29 is 14.6 Å². The molecular formula is C17H25NO3. The summed E-state index contributed by atoms with van der Waals surface area (Å²) >= 11 is 0. The first kappa shape index (κ1) is 15.8. The predicted molar refractivity (Wildman–Crippen MR) is 82.1 cm³/mol. The molecule has 0 aliphatic heterocycles. The number of carbonyl (C=O) groups is 1. The summed E-state index contributed by atoms with van der Waals surface area (Å²) in [6, 6.07) is 7.74. The normalized spacial score (nSPS) is 16.7. The van der Waals surface area contributed by atoms with Gasteiger partial charge in [0.2, 0.25) is 5.91 Å². The van der Waals surface area contributed by atoms with Crippen LogP contribution >= 0.6 is 0 Å². The Balaban J connectivity index is 1.96. The SMILES string of the molecule is CCN(Cc1ccc(OC)cc1)C(=O)CC1(O)CCCC1. The molecule has 1 aliphatic rings. The molecule has 0 aromatic heterocycles. The van der Waals surface area contributed by atoms with Gasteiger partial charge in [0.1, 0.15) is 5.75 Å². The summed E-state index contributed by atoms with van der Waals surface area (Å²) in [5.41, 5.74) is 0.300. The number of amides is 1. The smallest absolute Gasteiger partial charge is 0.225 e. The average Bonchev–Trinajstić information content (AvgIpc) is 2.91. The van der Waals surface area contributed by atoms with Gasteiger partial charge >= 0.3 is 0 Å². The van der Waals surface area contributed by atoms with E-state index in [1.807, 2.05) is 31.2 Å². The minimum absolute atomic E-state index is 0.0396. The molecule has 0 radical (unpaired) electrons. The first-order valence-corrected chi connectivity index (χ1v) is 7.69. The fraction of sp³-hybridized carbons (Fsp3) is 0.588. The monoisotopic (exact) mass is 291 g/mol. The second kappa shape index (κ2) is 6.94. The Bertz CT molecular complexity index is 463. The second-order valence-corrected chi connectivity index (χ2v) is 5.86. The molecule has 116 valence electrons. The Morgan fingerprint density at radius 2 is 1.90 bits per heavy atom. The van der Waals surface area contributed by atoms with Crippen molar-refractivity contribution in [2.24, 2.45) is 0 Å². The molecule has 1 aromatic rings. The first-order valence-electron chi connectivity index (χ1n) is 7.69. The van der Waals surface area contributed by atoms with E-state index in [2.05, 4.69) is 0 Å². The number of carbonyl (C=O) groups excluding carboxylic acids is 1. The molecular weight excluding hydrogens is 266 g/mol. The Kier molecular flexibility index (Phi) is 5.23. The van der Waals surface area contributed by atoms with E-state index in [0.29, 0.717) is 13.1 Å². The number of methoxy groups -OCH3 is 1. The molecule has 1 fully saturated rings. The Morgan fingerprint density at radius 3 is 2.43 bits per heavy atom. The van der Waals surface area contributed by atoms with Crippen LogP contribution in [0.5, 0.6) is 5.75 Å². The van der Waals surface area contributed by atoms with Crippen molar-refractivity contribution in [3.05, 3.63) is 29.8 Å². The zero-order valence-electron chi connectivity index (χ0n) is 13.0. The van der Waals surface area contributed by atoms with Gasteiger partial charge < -0.3 is 14.7 Å². The average molecular weight is 291 g/mol. The highest BCUT2D eigenvalue weighted by molar-refractivity contribution is 5.77. The third-order valence-corrected chi connectivity index (χ3v) is 4.28. The van der Waals surface area contributed by atoms with Gasteiger partial charge in [0.05, 0.1) is 19.1 Å². The summed E-state index contributed by atoms with van der Waals surface area (Å²) in [6.45, 7) is 3.20. The summed E-state index contributed by atoms with van der Waals surface area (Å²) in [5.74, 6) is 0.853. The van der Waals surface area contributed by atoms with Gasteiger partial charge in [-0.25, -0.2) is 0 Å². The van der Waals surface area contributed by atoms with E-state index in [-0.39, 0.29) is 12.3 Å². The van der Waals surface area contributed by atoms with Crippen LogP contribution in [0, 0.1) is 0 Å². The lowest BCUT2D eigenvalue weighted by Crippen LogP contribution is -2.37. The minimum Gasteiger partial charge on any atom is -0.497 e. The summed E-state index contributed by atoms with van der Waals surface area (Å²) in [4.78, 5) is 14.2. The van der Waals surface area contributed by atoms with Crippen molar-refractivity contribution in [2.75, 3.05) is 13.7 Å². The maximum Gasteiger partial charge on any atom is 0.225 e. The number of benzene rings is 1. The highest BCUT2D eigenvalue weighted by Crippen LogP contribution is 2.32. The fourth-order valence-electron chi connectivity index (χ4n) is 2.93. The number of nitrogens with zero attached hydrogens (tertiary/aromatic N) is 1. The third-order valence-electron chi connectivity index (χ3n) is 4.28. The van der Waals surface area contributed by atoms with Crippen LogP contribution in [0.2, 0.25) is 0 Å². The fourth-order valence-corrected chi connectivity index (χ4v) is 2.93. The van der Waals surface area contributed by atoms with Crippen LogP contribution < -0.4 is 4.74 Å². The highest BCUT2D eigenvalue weighted by Gasteiger charge is 2.34. The van der Waals surface area contributed by atoms with E-state index >= 15 is 0 Å². The van der Waals surface area contributed by atoms with E-state index in [0.717, 1.165) is 37.0 Å². The van der Waals surface area contributed by atoms with Gasteiger partial charge in [-0.15, -0.1) is 0 Å². The number of hydrogen-bond donors (Lipinski definition) is 1. The van der Waals surface area contributed by atoms with E-state index in [9.17, 15) is 9.90 Å².